The van der Waals surface area contributed by atoms with Crippen molar-refractivity contribution in [3.8, 4) is 0 Å². The van der Waals surface area contributed by atoms with Crippen LogP contribution in [0.5, 0.6) is 0 Å². The molecule has 5 amide bonds. The number of para-hydroxylation sites is 1. The number of aliphatic carboxylic acids is 1. The quantitative estimate of drug-likeness (QED) is 0.128. The van der Waals surface area contributed by atoms with Crippen LogP contribution in [0.25, 0.3) is 10.9 Å². The number of H-pyrrole nitrogens is 1. The molecule has 1 aromatic heterocycles. The Morgan fingerprint density at radius 2 is 1.40 bits per heavy atom. The summed E-state index contributed by atoms with van der Waals surface area (Å²) in [6.45, 7) is 8.67. The van der Waals surface area contributed by atoms with E-state index in [0.717, 1.165) is 16.5 Å². The highest BCUT2D eigenvalue weighted by Gasteiger charge is 2.33. The summed E-state index contributed by atoms with van der Waals surface area (Å²) in [5, 5.41) is 20.5. The maximum Gasteiger partial charge on any atom is 0.408 e. The number of ether oxygens (including phenoxy) is 1. The Morgan fingerprint density at radius 1 is 0.812 bits per heavy atom. The van der Waals surface area contributed by atoms with Crippen molar-refractivity contribution in [2.45, 2.75) is 83.6 Å². The van der Waals surface area contributed by atoms with Gasteiger partial charge in [0.25, 0.3) is 0 Å². The molecule has 0 radical (unpaired) electrons. The third-order valence-corrected chi connectivity index (χ3v) is 7.16. The van der Waals surface area contributed by atoms with E-state index in [2.05, 4.69) is 26.3 Å². The largest absolute Gasteiger partial charge is 0.481 e. The van der Waals surface area contributed by atoms with E-state index >= 15 is 0 Å². The van der Waals surface area contributed by atoms with E-state index < -0.39 is 71.9 Å². The SMILES string of the molecule is CC(C)C[C@H](NC(=O)[C@H](Cc1c[nH]c2ccccc12)NC(=O)OC(C)(C)C)C(=O)N[C@@H](CC(=O)O)C(=O)N[C@@H](C(N)=O)c1ccccc1. The molecule has 0 aliphatic carbocycles. The van der Waals surface area contributed by atoms with Crippen LogP contribution in [0.2, 0.25) is 0 Å². The number of aromatic amines is 1. The predicted octanol–water partition coefficient (Wildman–Crippen LogP) is 2.44. The second-order valence-corrected chi connectivity index (χ2v) is 12.9. The maximum absolute atomic E-state index is 13.8. The zero-order valence-electron chi connectivity index (χ0n) is 27.7. The van der Waals surface area contributed by atoms with Crippen molar-refractivity contribution in [2.75, 3.05) is 0 Å². The van der Waals surface area contributed by atoms with Crippen LogP contribution in [0.15, 0.2) is 60.8 Å². The van der Waals surface area contributed by atoms with E-state index in [1.54, 1.807) is 57.3 Å². The van der Waals surface area contributed by atoms with Crippen LogP contribution in [0.4, 0.5) is 4.79 Å². The van der Waals surface area contributed by atoms with Gasteiger partial charge in [-0.1, -0.05) is 62.4 Å². The standard InChI is InChI=1S/C34H44N6O8/c1-19(2)15-24(30(44)38-26(17-27(41)42)32(46)40-28(29(35)43)20-11-7-6-8-12-20)37-31(45)25(39-33(47)48-34(3,4)5)16-21-18-36-23-14-10-9-13-22(21)23/h6-14,18-19,24-26,28,36H,15-17H2,1-5H3,(H2,35,43)(H,37,45)(H,38,44)(H,39,47)(H,40,46)(H,41,42)/t24-,25-,26-,28+/m0/s1. The summed E-state index contributed by atoms with van der Waals surface area (Å²) in [5.74, 6) is -4.91. The maximum atomic E-state index is 13.8. The molecular formula is C34H44N6O8. The summed E-state index contributed by atoms with van der Waals surface area (Å²) < 4.78 is 5.39. The molecule has 0 saturated carbocycles. The number of nitrogens with one attached hydrogen (secondary N) is 5. The zero-order chi connectivity index (χ0) is 35.6. The van der Waals surface area contributed by atoms with Gasteiger partial charge >= 0.3 is 12.1 Å². The summed E-state index contributed by atoms with van der Waals surface area (Å²) >= 11 is 0. The van der Waals surface area contributed by atoms with Gasteiger partial charge in [0, 0.05) is 23.5 Å². The molecule has 1 heterocycles. The highest BCUT2D eigenvalue weighted by molar-refractivity contribution is 5.97. The number of carboxylic acid groups (broad SMARTS) is 1. The van der Waals surface area contributed by atoms with Crippen LogP contribution in [-0.2, 0) is 35.1 Å². The second kappa shape index (κ2) is 16.4. The molecule has 14 heteroatoms. The molecule has 8 N–H and O–H groups in total. The lowest BCUT2D eigenvalue weighted by atomic mass is 10.00. The number of nitrogens with two attached hydrogens (primary N) is 1. The molecule has 0 aliphatic rings. The molecule has 0 saturated heterocycles. The summed E-state index contributed by atoms with van der Waals surface area (Å²) in [6.07, 6.45) is 0.225. The van der Waals surface area contributed by atoms with Crippen molar-refractivity contribution in [3.05, 3.63) is 71.9 Å². The molecule has 2 aromatic carbocycles. The summed E-state index contributed by atoms with van der Waals surface area (Å²) in [6, 6.07) is 10.2. The van der Waals surface area contributed by atoms with E-state index in [9.17, 15) is 33.9 Å². The minimum Gasteiger partial charge on any atom is -0.481 e. The van der Waals surface area contributed by atoms with Gasteiger partial charge in [0.05, 0.1) is 6.42 Å². The lowest BCUT2D eigenvalue weighted by Crippen LogP contribution is -2.58. The molecule has 258 valence electrons. The summed E-state index contributed by atoms with van der Waals surface area (Å²) in [5.41, 5.74) is 6.58. The van der Waals surface area contributed by atoms with Gasteiger partial charge in [-0.25, -0.2) is 4.79 Å². The molecule has 3 rings (SSSR count). The van der Waals surface area contributed by atoms with E-state index in [1.807, 2.05) is 38.1 Å². The molecule has 0 unspecified atom stereocenters. The number of alkyl carbamates (subject to hydrolysis) is 1. The number of fused-ring (bicyclic) bond motifs is 1. The monoisotopic (exact) mass is 664 g/mol. The summed E-state index contributed by atoms with van der Waals surface area (Å²) in [7, 11) is 0. The number of aromatic nitrogens is 1. The highest BCUT2D eigenvalue weighted by Crippen LogP contribution is 2.20. The minimum absolute atomic E-state index is 0.0448. The van der Waals surface area contributed by atoms with Crippen molar-refractivity contribution in [1.82, 2.24) is 26.3 Å². The number of carbonyl (C=O) groups is 6. The van der Waals surface area contributed by atoms with Crippen LogP contribution in [-0.4, -0.2) is 69.5 Å². The van der Waals surface area contributed by atoms with Crippen molar-refractivity contribution in [1.29, 1.82) is 0 Å². The van der Waals surface area contributed by atoms with Crippen LogP contribution >= 0.6 is 0 Å². The van der Waals surface area contributed by atoms with Gasteiger partial charge < -0.3 is 41.8 Å². The fourth-order valence-corrected chi connectivity index (χ4v) is 5.02. The van der Waals surface area contributed by atoms with Crippen molar-refractivity contribution < 1.29 is 38.6 Å². The number of rotatable bonds is 15. The molecule has 3 aromatic rings. The number of amides is 5. The first kappa shape index (κ1) is 37.1. The number of hydrogen-bond donors (Lipinski definition) is 7. The molecule has 0 bridgehead atoms. The first-order chi connectivity index (χ1) is 22.5. The van der Waals surface area contributed by atoms with Gasteiger partial charge in [0.2, 0.25) is 23.6 Å². The van der Waals surface area contributed by atoms with Crippen molar-refractivity contribution >= 4 is 46.6 Å². The third kappa shape index (κ3) is 11.1. The Morgan fingerprint density at radius 3 is 2.00 bits per heavy atom. The minimum atomic E-state index is -1.62. The molecule has 0 fully saturated rings. The topological polar surface area (TPSA) is 222 Å². The van der Waals surface area contributed by atoms with Gasteiger partial charge in [-0.05, 0) is 50.3 Å². The zero-order valence-corrected chi connectivity index (χ0v) is 27.7. The van der Waals surface area contributed by atoms with Crippen LogP contribution < -0.4 is 27.0 Å². The Balaban J connectivity index is 1.85. The second-order valence-electron chi connectivity index (χ2n) is 12.9. The number of benzene rings is 2. The lowest BCUT2D eigenvalue weighted by Gasteiger charge is -2.27. The highest BCUT2D eigenvalue weighted by atomic mass is 16.6. The molecule has 4 atom stereocenters. The van der Waals surface area contributed by atoms with Gasteiger partial charge in [-0.2, -0.15) is 0 Å². The van der Waals surface area contributed by atoms with Crippen molar-refractivity contribution in [2.24, 2.45) is 11.7 Å². The van der Waals surface area contributed by atoms with Crippen LogP contribution in [0, 0.1) is 5.92 Å². The average Bonchev–Trinajstić information content (AvgIpc) is 3.40. The smallest absolute Gasteiger partial charge is 0.408 e. The Hall–Kier alpha value is -5.40. The third-order valence-electron chi connectivity index (χ3n) is 7.16. The molecule has 14 nitrogen and oxygen atoms in total. The number of primary amides is 1. The van der Waals surface area contributed by atoms with E-state index in [1.165, 1.54) is 0 Å². The summed E-state index contributed by atoms with van der Waals surface area (Å²) in [4.78, 5) is 80.4. The molecule has 0 aliphatic heterocycles. The Kier molecular flexibility index (Phi) is 12.7. The molecular weight excluding hydrogens is 620 g/mol. The normalized spacial score (nSPS) is 13.9. The van der Waals surface area contributed by atoms with E-state index in [-0.39, 0.29) is 18.8 Å². The van der Waals surface area contributed by atoms with Crippen LogP contribution in [0.1, 0.15) is 64.6 Å². The lowest BCUT2D eigenvalue weighted by molar-refractivity contribution is -0.141. The first-order valence-electron chi connectivity index (χ1n) is 15.6. The van der Waals surface area contributed by atoms with E-state index in [4.69, 9.17) is 10.5 Å². The number of carbonyl (C=O) groups excluding carboxylic acids is 5. The predicted molar refractivity (Wildman–Crippen MR) is 177 cm³/mol. The van der Waals surface area contributed by atoms with Gasteiger partial charge in [-0.3, -0.25) is 24.0 Å². The number of carboxylic acids is 1. The number of hydrogen-bond acceptors (Lipinski definition) is 7. The fraction of sp³-hybridized carbons (Fsp3) is 0.412. The Labute approximate surface area is 278 Å². The fourth-order valence-electron chi connectivity index (χ4n) is 5.02. The Bertz CT molecular complexity index is 1610. The van der Waals surface area contributed by atoms with Gasteiger partial charge in [0.1, 0.15) is 29.8 Å². The van der Waals surface area contributed by atoms with Crippen molar-refractivity contribution in [3.63, 3.8) is 0 Å². The molecule has 0 spiro atoms. The average molecular weight is 665 g/mol. The van der Waals surface area contributed by atoms with Crippen LogP contribution in [0.3, 0.4) is 0 Å². The molecule has 48 heavy (non-hydrogen) atoms. The first-order valence-corrected chi connectivity index (χ1v) is 15.6. The van der Waals surface area contributed by atoms with Gasteiger partial charge in [0.15, 0.2) is 0 Å². The van der Waals surface area contributed by atoms with E-state index in [0.29, 0.717) is 5.56 Å². The van der Waals surface area contributed by atoms with Gasteiger partial charge in [-0.15, -0.1) is 0 Å².